The zero-order valence-corrected chi connectivity index (χ0v) is 7.70. The normalized spacial score (nSPS) is 9.86. The standard InChI is InChI=1S/C9H10FNO3/c1-14-9-6-8(10)3-2-7(9)4-5-11(12)13/h2-3,6H,4-5H2,1H3. The third kappa shape index (κ3) is 2.69. The largest absolute Gasteiger partial charge is 0.496 e. The molecule has 4 nitrogen and oxygen atoms in total. The molecule has 5 heteroatoms. The minimum atomic E-state index is -0.414. The van der Waals surface area contributed by atoms with Gasteiger partial charge in [-0.05, 0) is 6.07 Å². The molecule has 0 aliphatic rings. The van der Waals surface area contributed by atoms with Gasteiger partial charge >= 0.3 is 0 Å². The van der Waals surface area contributed by atoms with Crippen molar-refractivity contribution in [3.8, 4) is 5.75 Å². The van der Waals surface area contributed by atoms with E-state index in [1.807, 2.05) is 0 Å². The van der Waals surface area contributed by atoms with Crippen molar-refractivity contribution in [2.24, 2.45) is 0 Å². The maximum atomic E-state index is 12.7. The molecule has 0 unspecified atom stereocenters. The zero-order valence-electron chi connectivity index (χ0n) is 7.70. The number of nitro groups is 1. The molecule has 0 saturated heterocycles. The Kier molecular flexibility index (Phi) is 3.39. The van der Waals surface area contributed by atoms with E-state index in [2.05, 4.69) is 0 Å². The molecule has 0 spiro atoms. The summed E-state index contributed by atoms with van der Waals surface area (Å²) in [5, 5.41) is 10.1. The van der Waals surface area contributed by atoms with Crippen LogP contribution in [0, 0.1) is 15.9 Å². The summed E-state index contributed by atoms with van der Waals surface area (Å²) >= 11 is 0. The molecule has 0 heterocycles. The lowest BCUT2D eigenvalue weighted by Gasteiger charge is -2.05. The molecule has 0 bridgehead atoms. The number of benzene rings is 1. The van der Waals surface area contributed by atoms with Crippen LogP contribution < -0.4 is 4.74 Å². The lowest BCUT2D eigenvalue weighted by molar-refractivity contribution is -0.479. The number of methoxy groups -OCH3 is 1. The van der Waals surface area contributed by atoms with E-state index in [9.17, 15) is 14.5 Å². The van der Waals surface area contributed by atoms with Gasteiger partial charge in [0.15, 0.2) is 0 Å². The molecule has 76 valence electrons. The van der Waals surface area contributed by atoms with Crippen molar-refractivity contribution in [3.63, 3.8) is 0 Å². The lowest BCUT2D eigenvalue weighted by Crippen LogP contribution is -2.05. The summed E-state index contributed by atoms with van der Waals surface area (Å²) < 4.78 is 17.6. The number of hydrogen-bond donors (Lipinski definition) is 0. The highest BCUT2D eigenvalue weighted by Gasteiger charge is 2.07. The summed E-state index contributed by atoms with van der Waals surface area (Å²) in [5.41, 5.74) is 0.644. The van der Waals surface area contributed by atoms with Crippen molar-refractivity contribution in [2.75, 3.05) is 13.7 Å². The van der Waals surface area contributed by atoms with Gasteiger partial charge in [-0.15, -0.1) is 0 Å². The van der Waals surface area contributed by atoms with Crippen LogP contribution in [0.5, 0.6) is 5.75 Å². The summed E-state index contributed by atoms with van der Waals surface area (Å²) in [6.45, 7) is -0.179. The summed E-state index contributed by atoms with van der Waals surface area (Å²) in [6.07, 6.45) is 0.246. The van der Waals surface area contributed by atoms with Crippen molar-refractivity contribution >= 4 is 0 Å². The monoisotopic (exact) mass is 199 g/mol. The Balaban J connectivity index is 2.80. The van der Waals surface area contributed by atoms with E-state index in [4.69, 9.17) is 4.74 Å². The van der Waals surface area contributed by atoms with E-state index in [0.29, 0.717) is 11.3 Å². The van der Waals surface area contributed by atoms with Gasteiger partial charge < -0.3 is 4.74 Å². The fourth-order valence-corrected chi connectivity index (χ4v) is 1.14. The molecular weight excluding hydrogens is 189 g/mol. The molecule has 0 N–H and O–H groups in total. The number of halogens is 1. The summed E-state index contributed by atoms with van der Waals surface area (Å²) in [6, 6.07) is 3.98. The Morgan fingerprint density at radius 1 is 1.57 bits per heavy atom. The van der Waals surface area contributed by atoms with Gasteiger partial charge in [0.2, 0.25) is 6.54 Å². The Labute approximate surface area is 80.5 Å². The molecular formula is C9H10FNO3. The minimum Gasteiger partial charge on any atom is -0.496 e. The van der Waals surface area contributed by atoms with E-state index < -0.39 is 10.7 Å². The van der Waals surface area contributed by atoms with Crippen LogP contribution in [0.25, 0.3) is 0 Å². The molecule has 0 atom stereocenters. The van der Waals surface area contributed by atoms with Crippen LogP contribution >= 0.6 is 0 Å². The Morgan fingerprint density at radius 3 is 2.86 bits per heavy atom. The first-order valence-electron chi connectivity index (χ1n) is 4.07. The molecule has 0 amide bonds. The van der Waals surface area contributed by atoms with Crippen LogP contribution in [-0.4, -0.2) is 18.6 Å². The van der Waals surface area contributed by atoms with Gasteiger partial charge in [-0.3, -0.25) is 10.1 Å². The quantitative estimate of drug-likeness (QED) is 0.547. The topological polar surface area (TPSA) is 52.4 Å². The summed E-state index contributed by atoms with van der Waals surface area (Å²) in [4.78, 5) is 9.72. The van der Waals surface area contributed by atoms with Crippen molar-refractivity contribution in [2.45, 2.75) is 6.42 Å². The molecule has 0 aromatic heterocycles. The highest BCUT2D eigenvalue weighted by Crippen LogP contribution is 2.19. The highest BCUT2D eigenvalue weighted by molar-refractivity contribution is 5.34. The van der Waals surface area contributed by atoms with Crippen LogP contribution in [0.2, 0.25) is 0 Å². The number of nitrogens with zero attached hydrogens (tertiary/aromatic N) is 1. The van der Waals surface area contributed by atoms with E-state index in [1.165, 1.54) is 25.3 Å². The van der Waals surface area contributed by atoms with Gasteiger partial charge in [0.25, 0.3) is 0 Å². The third-order valence-electron chi connectivity index (χ3n) is 1.81. The van der Waals surface area contributed by atoms with Gasteiger partial charge in [-0.2, -0.15) is 0 Å². The van der Waals surface area contributed by atoms with E-state index >= 15 is 0 Å². The van der Waals surface area contributed by atoms with Crippen molar-refractivity contribution in [3.05, 3.63) is 39.7 Å². The molecule has 0 aliphatic heterocycles. The molecule has 0 radical (unpaired) electrons. The van der Waals surface area contributed by atoms with Crippen molar-refractivity contribution in [1.82, 2.24) is 0 Å². The Hall–Kier alpha value is -1.65. The minimum absolute atomic E-state index is 0.179. The van der Waals surface area contributed by atoms with Gasteiger partial charge in [-0.1, -0.05) is 6.07 Å². The fraction of sp³-hybridized carbons (Fsp3) is 0.333. The van der Waals surface area contributed by atoms with Crippen LogP contribution in [0.3, 0.4) is 0 Å². The number of rotatable bonds is 4. The molecule has 1 rings (SSSR count). The molecule has 0 saturated carbocycles. The molecule has 0 aliphatic carbocycles. The van der Waals surface area contributed by atoms with E-state index in [-0.39, 0.29) is 13.0 Å². The predicted molar refractivity (Wildman–Crippen MR) is 48.5 cm³/mol. The van der Waals surface area contributed by atoms with Crippen LogP contribution in [0.15, 0.2) is 18.2 Å². The first kappa shape index (κ1) is 10.4. The maximum Gasteiger partial charge on any atom is 0.208 e. The van der Waals surface area contributed by atoms with Crippen LogP contribution in [0.1, 0.15) is 5.56 Å². The molecule has 0 fully saturated rings. The second-order valence-electron chi connectivity index (χ2n) is 2.76. The zero-order chi connectivity index (χ0) is 10.6. The van der Waals surface area contributed by atoms with Gasteiger partial charge in [0.1, 0.15) is 11.6 Å². The first-order valence-corrected chi connectivity index (χ1v) is 4.07. The highest BCUT2D eigenvalue weighted by atomic mass is 19.1. The maximum absolute atomic E-state index is 12.7. The molecule has 14 heavy (non-hydrogen) atoms. The number of hydrogen-bond acceptors (Lipinski definition) is 3. The summed E-state index contributed by atoms with van der Waals surface area (Å²) in [5.74, 6) is -0.0569. The number of ether oxygens (including phenoxy) is 1. The van der Waals surface area contributed by atoms with Crippen molar-refractivity contribution < 1.29 is 14.1 Å². The van der Waals surface area contributed by atoms with E-state index in [1.54, 1.807) is 0 Å². The second kappa shape index (κ2) is 4.55. The second-order valence-corrected chi connectivity index (χ2v) is 2.76. The Bertz CT molecular complexity index is 341. The molecule has 1 aromatic rings. The Morgan fingerprint density at radius 2 is 2.29 bits per heavy atom. The van der Waals surface area contributed by atoms with Crippen molar-refractivity contribution in [1.29, 1.82) is 0 Å². The summed E-state index contributed by atoms with van der Waals surface area (Å²) in [7, 11) is 1.41. The third-order valence-corrected chi connectivity index (χ3v) is 1.81. The van der Waals surface area contributed by atoms with Gasteiger partial charge in [0, 0.05) is 23.0 Å². The SMILES string of the molecule is COc1cc(F)ccc1CC[N+](=O)[O-]. The first-order chi connectivity index (χ1) is 6.63. The molecule has 1 aromatic carbocycles. The van der Waals surface area contributed by atoms with E-state index in [0.717, 1.165) is 0 Å². The fourth-order valence-electron chi connectivity index (χ4n) is 1.14. The van der Waals surface area contributed by atoms with Gasteiger partial charge in [0.05, 0.1) is 7.11 Å². The van der Waals surface area contributed by atoms with Gasteiger partial charge in [-0.25, -0.2) is 4.39 Å². The predicted octanol–water partition coefficient (Wildman–Crippen LogP) is 1.65. The van der Waals surface area contributed by atoms with Crippen LogP contribution in [-0.2, 0) is 6.42 Å². The lowest BCUT2D eigenvalue weighted by atomic mass is 10.1. The average Bonchev–Trinajstić information content (AvgIpc) is 2.15. The average molecular weight is 199 g/mol. The smallest absolute Gasteiger partial charge is 0.208 e. The van der Waals surface area contributed by atoms with Crippen LogP contribution in [0.4, 0.5) is 4.39 Å².